The van der Waals surface area contributed by atoms with Gasteiger partial charge in [0, 0.05) is 38.8 Å². The van der Waals surface area contributed by atoms with E-state index in [9.17, 15) is 0 Å². The van der Waals surface area contributed by atoms with E-state index in [1.54, 1.807) is 0 Å². The van der Waals surface area contributed by atoms with Gasteiger partial charge in [-0.15, -0.1) is 0 Å². The lowest BCUT2D eigenvalue weighted by molar-refractivity contribution is 0.0513. The average molecular weight is 345 g/mol. The van der Waals surface area contributed by atoms with Crippen LogP contribution in [0.2, 0.25) is 0 Å². The number of nitrogens with one attached hydrogen (secondary N) is 2. The van der Waals surface area contributed by atoms with E-state index in [-0.39, 0.29) is 5.41 Å². The molecule has 6 nitrogen and oxygen atoms in total. The number of rotatable bonds is 5. The van der Waals surface area contributed by atoms with Crippen LogP contribution in [0.4, 0.5) is 0 Å². The SMILES string of the molecule is CN=C(NCC1CC1)NCC1(c2ccc3c(c2)OCO3)CCOCC1. The number of guanidine groups is 1. The van der Waals surface area contributed by atoms with Crippen molar-refractivity contribution in [1.29, 1.82) is 0 Å². The molecule has 1 saturated carbocycles. The molecule has 25 heavy (non-hydrogen) atoms. The van der Waals surface area contributed by atoms with Gasteiger partial charge < -0.3 is 24.8 Å². The van der Waals surface area contributed by atoms with Crippen molar-refractivity contribution in [1.82, 2.24) is 10.6 Å². The van der Waals surface area contributed by atoms with Gasteiger partial charge in [0.25, 0.3) is 0 Å². The van der Waals surface area contributed by atoms with Crippen molar-refractivity contribution in [3.05, 3.63) is 23.8 Å². The molecule has 2 N–H and O–H groups in total. The second-order valence-corrected chi connectivity index (χ2v) is 7.21. The van der Waals surface area contributed by atoms with Crippen LogP contribution in [-0.2, 0) is 10.2 Å². The smallest absolute Gasteiger partial charge is 0.231 e. The van der Waals surface area contributed by atoms with Gasteiger partial charge in [0.05, 0.1) is 0 Å². The van der Waals surface area contributed by atoms with Gasteiger partial charge in [-0.1, -0.05) is 6.07 Å². The molecule has 4 rings (SSSR count). The van der Waals surface area contributed by atoms with E-state index in [0.29, 0.717) is 6.79 Å². The maximum atomic E-state index is 5.63. The van der Waals surface area contributed by atoms with E-state index in [2.05, 4.69) is 27.8 Å². The highest BCUT2D eigenvalue weighted by Gasteiger charge is 2.36. The van der Waals surface area contributed by atoms with E-state index in [1.165, 1.54) is 18.4 Å². The zero-order valence-corrected chi connectivity index (χ0v) is 14.8. The second kappa shape index (κ2) is 7.12. The van der Waals surface area contributed by atoms with Gasteiger partial charge in [0.15, 0.2) is 17.5 Å². The molecular weight excluding hydrogens is 318 g/mol. The fourth-order valence-corrected chi connectivity index (χ4v) is 3.59. The van der Waals surface area contributed by atoms with Crippen molar-refractivity contribution < 1.29 is 14.2 Å². The Balaban J connectivity index is 1.48. The van der Waals surface area contributed by atoms with Crippen LogP contribution < -0.4 is 20.1 Å². The fraction of sp³-hybridized carbons (Fsp3) is 0.632. The van der Waals surface area contributed by atoms with Crippen molar-refractivity contribution in [3.63, 3.8) is 0 Å². The minimum absolute atomic E-state index is 0.0242. The van der Waals surface area contributed by atoms with E-state index in [1.807, 2.05) is 13.1 Å². The van der Waals surface area contributed by atoms with Crippen LogP contribution in [0.15, 0.2) is 23.2 Å². The number of hydrogen-bond donors (Lipinski definition) is 2. The summed E-state index contributed by atoms with van der Waals surface area (Å²) in [7, 11) is 1.83. The molecule has 2 fully saturated rings. The third-order valence-electron chi connectivity index (χ3n) is 5.51. The van der Waals surface area contributed by atoms with E-state index in [0.717, 1.165) is 62.5 Å². The Hall–Kier alpha value is -1.95. The molecule has 0 atom stereocenters. The number of ether oxygens (including phenoxy) is 3. The van der Waals surface area contributed by atoms with Crippen LogP contribution >= 0.6 is 0 Å². The molecule has 1 saturated heterocycles. The van der Waals surface area contributed by atoms with Crippen LogP contribution in [0.25, 0.3) is 0 Å². The number of benzene rings is 1. The summed E-state index contributed by atoms with van der Waals surface area (Å²) in [5.41, 5.74) is 1.31. The molecule has 136 valence electrons. The molecule has 0 aromatic heterocycles. The molecule has 1 aliphatic carbocycles. The molecule has 1 aromatic rings. The Morgan fingerprint density at radius 1 is 1.16 bits per heavy atom. The quantitative estimate of drug-likeness (QED) is 0.632. The summed E-state index contributed by atoms with van der Waals surface area (Å²) in [5, 5.41) is 6.98. The molecule has 0 amide bonds. The first-order valence-corrected chi connectivity index (χ1v) is 9.21. The van der Waals surface area contributed by atoms with Crippen LogP contribution in [0.5, 0.6) is 11.5 Å². The maximum Gasteiger partial charge on any atom is 0.231 e. The average Bonchev–Trinajstić information content (AvgIpc) is 3.37. The third-order valence-corrected chi connectivity index (χ3v) is 5.51. The lowest BCUT2D eigenvalue weighted by Crippen LogP contribution is -2.48. The highest BCUT2D eigenvalue weighted by Crippen LogP contribution is 2.40. The van der Waals surface area contributed by atoms with Gasteiger partial charge in [-0.3, -0.25) is 4.99 Å². The molecular formula is C19H27N3O3. The van der Waals surface area contributed by atoms with Crippen molar-refractivity contribution in [2.45, 2.75) is 31.1 Å². The Labute approximate surface area is 148 Å². The first-order chi connectivity index (χ1) is 12.3. The van der Waals surface area contributed by atoms with Gasteiger partial charge in [0.1, 0.15) is 0 Å². The highest BCUT2D eigenvalue weighted by molar-refractivity contribution is 5.79. The van der Waals surface area contributed by atoms with E-state index in [4.69, 9.17) is 14.2 Å². The van der Waals surface area contributed by atoms with Crippen molar-refractivity contribution in [3.8, 4) is 11.5 Å². The molecule has 6 heteroatoms. The first-order valence-electron chi connectivity index (χ1n) is 9.21. The Kier molecular flexibility index (Phi) is 4.70. The van der Waals surface area contributed by atoms with Gasteiger partial charge in [-0.25, -0.2) is 0 Å². The molecule has 0 radical (unpaired) electrons. The summed E-state index contributed by atoms with van der Waals surface area (Å²) >= 11 is 0. The molecule has 2 heterocycles. The summed E-state index contributed by atoms with van der Waals surface area (Å²) in [6.45, 7) is 3.72. The Bertz CT molecular complexity index is 637. The molecule has 0 bridgehead atoms. The number of hydrogen-bond acceptors (Lipinski definition) is 4. The first kappa shape index (κ1) is 16.5. The van der Waals surface area contributed by atoms with Crippen LogP contribution in [0.3, 0.4) is 0 Å². The van der Waals surface area contributed by atoms with Crippen molar-refractivity contribution in [2.24, 2.45) is 10.9 Å². The predicted molar refractivity (Wildman–Crippen MR) is 96.4 cm³/mol. The van der Waals surface area contributed by atoms with Gasteiger partial charge in [-0.05, 0) is 49.3 Å². The molecule has 1 aromatic carbocycles. The fourth-order valence-electron chi connectivity index (χ4n) is 3.59. The maximum absolute atomic E-state index is 5.63. The highest BCUT2D eigenvalue weighted by atomic mass is 16.7. The normalized spacial score (nSPS) is 21.9. The molecule has 0 unspecified atom stereocenters. The lowest BCUT2D eigenvalue weighted by atomic mass is 9.74. The zero-order chi connectivity index (χ0) is 17.1. The predicted octanol–water partition coefficient (Wildman–Crippen LogP) is 2.04. The lowest BCUT2D eigenvalue weighted by Gasteiger charge is -2.38. The third kappa shape index (κ3) is 3.68. The zero-order valence-electron chi connectivity index (χ0n) is 14.8. The largest absolute Gasteiger partial charge is 0.454 e. The van der Waals surface area contributed by atoms with E-state index < -0.39 is 0 Å². The van der Waals surface area contributed by atoms with Gasteiger partial charge >= 0.3 is 0 Å². The summed E-state index contributed by atoms with van der Waals surface area (Å²) in [5.74, 6) is 3.39. The van der Waals surface area contributed by atoms with Crippen molar-refractivity contribution in [2.75, 3.05) is 40.1 Å². The summed E-state index contributed by atoms with van der Waals surface area (Å²) in [6.07, 6.45) is 4.64. The van der Waals surface area contributed by atoms with Gasteiger partial charge in [-0.2, -0.15) is 0 Å². The number of nitrogens with zero attached hydrogens (tertiary/aromatic N) is 1. The summed E-state index contributed by atoms with van der Waals surface area (Å²) < 4.78 is 16.7. The standard InChI is InChI=1S/C19H27N3O3/c1-20-18(21-11-14-2-3-14)22-12-19(6-8-23-9-7-19)15-4-5-16-17(10-15)25-13-24-16/h4-5,10,14H,2-3,6-9,11-13H2,1H3,(H2,20,21,22). The number of fused-ring (bicyclic) bond motifs is 1. The minimum atomic E-state index is 0.0242. The Morgan fingerprint density at radius 2 is 1.96 bits per heavy atom. The van der Waals surface area contributed by atoms with E-state index >= 15 is 0 Å². The second-order valence-electron chi connectivity index (χ2n) is 7.21. The van der Waals surface area contributed by atoms with Crippen molar-refractivity contribution >= 4 is 5.96 Å². The molecule has 2 aliphatic heterocycles. The van der Waals surface area contributed by atoms with Gasteiger partial charge in [0.2, 0.25) is 6.79 Å². The topological polar surface area (TPSA) is 64.1 Å². The molecule has 0 spiro atoms. The van der Waals surface area contributed by atoms with Crippen LogP contribution in [0, 0.1) is 5.92 Å². The minimum Gasteiger partial charge on any atom is -0.454 e. The molecule has 3 aliphatic rings. The van der Waals surface area contributed by atoms with Crippen LogP contribution in [-0.4, -0.2) is 46.1 Å². The monoisotopic (exact) mass is 345 g/mol. The summed E-state index contributed by atoms with van der Waals surface area (Å²) in [4.78, 5) is 4.37. The number of aliphatic imine (C=N–C) groups is 1. The Morgan fingerprint density at radius 3 is 2.72 bits per heavy atom. The summed E-state index contributed by atoms with van der Waals surface area (Å²) in [6, 6.07) is 6.33. The van der Waals surface area contributed by atoms with Crippen LogP contribution in [0.1, 0.15) is 31.2 Å².